The van der Waals surface area contributed by atoms with E-state index in [9.17, 15) is 4.79 Å². The summed E-state index contributed by atoms with van der Waals surface area (Å²) in [5.74, 6) is 0.232. The normalized spacial score (nSPS) is 17.6. The first-order valence-corrected chi connectivity index (χ1v) is 11.3. The Hall–Kier alpha value is -3.34. The maximum Gasteiger partial charge on any atom is 0.273 e. The Morgan fingerprint density at radius 2 is 1.81 bits per heavy atom. The summed E-state index contributed by atoms with van der Waals surface area (Å²) in [6.45, 7) is 11.4. The third-order valence-corrected chi connectivity index (χ3v) is 6.23. The maximum atomic E-state index is 12.8. The first kappa shape index (κ1) is 21.9. The largest absolute Gasteiger partial charge is 0.364 e. The van der Waals surface area contributed by atoms with Gasteiger partial charge >= 0.3 is 0 Å². The highest BCUT2D eigenvalue weighted by atomic mass is 16.2. The Labute approximate surface area is 190 Å². The van der Waals surface area contributed by atoms with E-state index in [4.69, 9.17) is 0 Å². The molecule has 166 valence electrons. The number of carbonyl (C=O) groups excluding carboxylic acids is 1. The summed E-state index contributed by atoms with van der Waals surface area (Å²) in [7, 11) is 0. The molecule has 0 fully saturated rings. The number of hydrazone groups is 1. The lowest BCUT2D eigenvalue weighted by Crippen LogP contribution is -2.51. The Balaban J connectivity index is 1.54. The summed E-state index contributed by atoms with van der Waals surface area (Å²) in [5, 5.41) is 4.25. The first-order chi connectivity index (χ1) is 15.3. The molecule has 1 atom stereocenters. The molecule has 1 aromatic heterocycles. The van der Waals surface area contributed by atoms with Gasteiger partial charge < -0.3 is 9.47 Å². The monoisotopic (exact) mass is 428 g/mol. The Bertz CT molecular complexity index is 1130. The van der Waals surface area contributed by atoms with Crippen LogP contribution in [0.1, 0.15) is 68.4 Å². The molecule has 5 heteroatoms. The minimum Gasteiger partial charge on any atom is -0.364 e. The van der Waals surface area contributed by atoms with Gasteiger partial charge in [-0.15, -0.1) is 0 Å². The van der Waals surface area contributed by atoms with Crippen LogP contribution in [0, 0.1) is 0 Å². The highest BCUT2D eigenvalue weighted by Crippen LogP contribution is 2.44. The molecule has 0 saturated carbocycles. The highest BCUT2D eigenvalue weighted by molar-refractivity contribution is 5.98. The van der Waals surface area contributed by atoms with E-state index in [1.807, 2.05) is 53.4 Å². The van der Waals surface area contributed by atoms with Gasteiger partial charge in [0, 0.05) is 29.7 Å². The minimum atomic E-state index is -0.232. The van der Waals surface area contributed by atoms with Gasteiger partial charge in [0.1, 0.15) is 0 Å². The molecule has 1 amide bonds. The predicted octanol–water partition coefficient (Wildman–Crippen LogP) is 5.74. The average molecular weight is 429 g/mol. The molecule has 4 rings (SSSR count). The van der Waals surface area contributed by atoms with Crippen molar-refractivity contribution >= 4 is 17.8 Å². The molecule has 3 aromatic rings. The Morgan fingerprint density at radius 3 is 2.53 bits per heavy atom. The van der Waals surface area contributed by atoms with Crippen LogP contribution in [0.2, 0.25) is 0 Å². The van der Waals surface area contributed by atoms with Crippen LogP contribution in [0.3, 0.4) is 0 Å². The number of anilines is 1. The van der Waals surface area contributed by atoms with E-state index in [1.54, 1.807) is 6.21 Å². The summed E-state index contributed by atoms with van der Waals surface area (Å²) < 4.78 is 1.92. The number of amides is 1. The number of rotatable bonds is 5. The molecule has 0 radical (unpaired) electrons. The van der Waals surface area contributed by atoms with E-state index in [0.29, 0.717) is 17.5 Å². The summed E-state index contributed by atoms with van der Waals surface area (Å²) in [5.41, 5.74) is 7.83. The summed E-state index contributed by atoms with van der Waals surface area (Å²) >= 11 is 0. The smallest absolute Gasteiger partial charge is 0.273 e. The van der Waals surface area contributed by atoms with E-state index in [2.05, 4.69) is 68.2 Å². The number of benzene rings is 2. The van der Waals surface area contributed by atoms with Crippen LogP contribution in [-0.2, 0) is 0 Å². The van der Waals surface area contributed by atoms with Gasteiger partial charge in [-0.1, -0.05) is 25.1 Å². The number of nitrogens with one attached hydrogen (secondary N) is 1. The SMILES string of the molecule is CC(C)N1c2ccc(/C=N\NC(=O)c3ccccc3-n3cccc3)cc2[C@H](C)CC1(C)C. The standard InChI is InChI=1S/C27H32N4O/c1-19(2)31-25-13-12-21(16-23(25)20(3)17-27(31,4)5)18-28-29-26(32)22-10-6-7-11-24(22)30-14-8-9-15-30/h6-16,18-20H,17H2,1-5H3,(H,29,32)/b28-18-/t20-/m1/s1. The van der Waals surface area contributed by atoms with Gasteiger partial charge in [0.25, 0.3) is 5.91 Å². The Kier molecular flexibility index (Phi) is 5.92. The average Bonchev–Trinajstić information content (AvgIpc) is 3.28. The molecule has 1 aliphatic rings. The van der Waals surface area contributed by atoms with Crippen molar-refractivity contribution in [2.24, 2.45) is 5.10 Å². The molecule has 0 aliphatic carbocycles. The van der Waals surface area contributed by atoms with Crippen molar-refractivity contribution in [3.63, 3.8) is 0 Å². The summed E-state index contributed by atoms with van der Waals surface area (Å²) in [6.07, 6.45) is 6.67. The van der Waals surface area contributed by atoms with E-state index < -0.39 is 0 Å². The number of hydrogen-bond acceptors (Lipinski definition) is 3. The number of nitrogens with zero attached hydrogens (tertiary/aromatic N) is 3. The van der Waals surface area contributed by atoms with Crippen molar-refractivity contribution in [1.29, 1.82) is 0 Å². The van der Waals surface area contributed by atoms with Crippen LogP contribution >= 0.6 is 0 Å². The first-order valence-electron chi connectivity index (χ1n) is 11.3. The fraction of sp³-hybridized carbons (Fsp3) is 0.333. The second kappa shape index (κ2) is 8.65. The third-order valence-electron chi connectivity index (χ3n) is 6.23. The van der Waals surface area contributed by atoms with Gasteiger partial charge in [-0.05, 0) is 87.6 Å². The fourth-order valence-corrected chi connectivity index (χ4v) is 5.14. The van der Waals surface area contributed by atoms with Gasteiger partial charge in [-0.25, -0.2) is 5.43 Å². The van der Waals surface area contributed by atoms with E-state index in [1.165, 1.54) is 11.3 Å². The van der Waals surface area contributed by atoms with Crippen molar-refractivity contribution in [3.05, 3.63) is 83.7 Å². The molecule has 0 spiro atoms. The van der Waals surface area contributed by atoms with Crippen molar-refractivity contribution in [2.75, 3.05) is 4.90 Å². The lowest BCUT2D eigenvalue weighted by Gasteiger charge is -2.50. The fourth-order valence-electron chi connectivity index (χ4n) is 5.14. The van der Waals surface area contributed by atoms with Crippen LogP contribution < -0.4 is 10.3 Å². The highest BCUT2D eigenvalue weighted by Gasteiger charge is 2.37. The number of hydrogen-bond donors (Lipinski definition) is 1. The maximum absolute atomic E-state index is 12.8. The third kappa shape index (κ3) is 4.20. The van der Waals surface area contributed by atoms with Crippen molar-refractivity contribution in [1.82, 2.24) is 9.99 Å². The molecule has 0 bridgehead atoms. The molecule has 5 nitrogen and oxygen atoms in total. The molecule has 1 N–H and O–H groups in total. The lowest BCUT2D eigenvalue weighted by molar-refractivity contribution is 0.0955. The molecule has 0 saturated heterocycles. The second-order valence-corrected chi connectivity index (χ2v) is 9.51. The van der Waals surface area contributed by atoms with Crippen molar-refractivity contribution in [3.8, 4) is 5.69 Å². The topological polar surface area (TPSA) is 49.6 Å². The van der Waals surface area contributed by atoms with E-state index in [0.717, 1.165) is 17.7 Å². The zero-order valence-electron chi connectivity index (χ0n) is 19.5. The zero-order chi connectivity index (χ0) is 22.9. The molecule has 0 unspecified atom stereocenters. The van der Waals surface area contributed by atoms with E-state index >= 15 is 0 Å². The summed E-state index contributed by atoms with van der Waals surface area (Å²) in [6, 6.07) is 18.3. The zero-order valence-corrected chi connectivity index (χ0v) is 19.5. The number of fused-ring (bicyclic) bond motifs is 1. The number of aromatic nitrogens is 1. The molecular formula is C27H32N4O. The van der Waals surface area contributed by atoms with Gasteiger partial charge in [-0.2, -0.15) is 5.10 Å². The molecule has 2 heterocycles. The minimum absolute atomic E-state index is 0.122. The van der Waals surface area contributed by atoms with Crippen molar-refractivity contribution in [2.45, 2.75) is 58.5 Å². The number of para-hydroxylation sites is 1. The Morgan fingerprint density at radius 1 is 1.09 bits per heavy atom. The van der Waals surface area contributed by atoms with Gasteiger partial charge in [-0.3, -0.25) is 4.79 Å². The van der Waals surface area contributed by atoms with Crippen LogP contribution in [-0.4, -0.2) is 28.3 Å². The molecule has 32 heavy (non-hydrogen) atoms. The van der Waals surface area contributed by atoms with Crippen molar-refractivity contribution < 1.29 is 4.79 Å². The molecular weight excluding hydrogens is 396 g/mol. The predicted molar refractivity (Wildman–Crippen MR) is 132 cm³/mol. The number of carbonyl (C=O) groups is 1. The van der Waals surface area contributed by atoms with Crippen LogP contribution in [0.25, 0.3) is 5.69 Å². The quantitative estimate of drug-likeness (QED) is 0.416. The molecule has 1 aliphatic heterocycles. The van der Waals surface area contributed by atoms with Gasteiger partial charge in [0.15, 0.2) is 0 Å². The van der Waals surface area contributed by atoms with E-state index in [-0.39, 0.29) is 11.4 Å². The summed E-state index contributed by atoms with van der Waals surface area (Å²) in [4.78, 5) is 15.3. The van der Waals surface area contributed by atoms with Crippen LogP contribution in [0.15, 0.2) is 72.1 Å². The lowest BCUT2D eigenvalue weighted by atomic mass is 9.79. The van der Waals surface area contributed by atoms with Gasteiger partial charge in [0.2, 0.25) is 0 Å². The van der Waals surface area contributed by atoms with Crippen LogP contribution in [0.5, 0.6) is 0 Å². The van der Waals surface area contributed by atoms with Gasteiger partial charge in [0.05, 0.1) is 17.5 Å². The molecule has 2 aromatic carbocycles. The second-order valence-electron chi connectivity index (χ2n) is 9.51. The van der Waals surface area contributed by atoms with Crippen LogP contribution in [0.4, 0.5) is 5.69 Å².